The molecule has 0 aliphatic carbocycles. The number of aryl methyl sites for hydroxylation is 1. The third-order valence-electron chi connectivity index (χ3n) is 4.24. The Kier molecular flexibility index (Phi) is 4.80. The number of hydrogen-bond acceptors (Lipinski definition) is 3. The molecular weight excluding hydrogens is 279 g/mol. The van der Waals surface area contributed by atoms with Gasteiger partial charge in [-0.2, -0.15) is 0 Å². The molecule has 3 rings (SSSR count). The van der Waals surface area contributed by atoms with Gasteiger partial charge in [-0.3, -0.25) is 4.98 Å². The zero-order chi connectivity index (χ0) is 15.4. The molecule has 1 fully saturated rings. The van der Waals surface area contributed by atoms with Crippen LogP contribution in [-0.2, 0) is 11.3 Å². The van der Waals surface area contributed by atoms with Gasteiger partial charge in [0.2, 0.25) is 0 Å². The van der Waals surface area contributed by atoms with Gasteiger partial charge in [0.1, 0.15) is 5.82 Å². The largest absolute Gasteiger partial charge is 0.373 e. The molecule has 0 saturated carbocycles. The molecule has 4 heteroatoms. The van der Waals surface area contributed by atoms with E-state index in [9.17, 15) is 4.39 Å². The Morgan fingerprint density at radius 3 is 3.05 bits per heavy atom. The lowest BCUT2D eigenvalue weighted by Gasteiger charge is -2.33. The lowest BCUT2D eigenvalue weighted by molar-refractivity contribution is 0.00666. The van der Waals surface area contributed by atoms with Crippen molar-refractivity contribution in [2.75, 3.05) is 13.1 Å². The number of nitrogens with one attached hydrogen (secondary N) is 1. The van der Waals surface area contributed by atoms with E-state index in [1.807, 2.05) is 31.3 Å². The van der Waals surface area contributed by atoms with Crippen molar-refractivity contribution in [2.24, 2.45) is 0 Å². The summed E-state index contributed by atoms with van der Waals surface area (Å²) in [5, 5.41) is 3.42. The number of rotatable bonds is 4. The van der Waals surface area contributed by atoms with E-state index in [1.165, 1.54) is 11.6 Å². The number of piperidine rings is 1. The molecule has 1 N–H and O–H groups in total. The van der Waals surface area contributed by atoms with E-state index in [4.69, 9.17) is 4.74 Å². The van der Waals surface area contributed by atoms with Gasteiger partial charge in [0, 0.05) is 24.9 Å². The van der Waals surface area contributed by atoms with Crippen molar-refractivity contribution in [1.82, 2.24) is 10.3 Å². The maximum atomic E-state index is 13.3. The van der Waals surface area contributed by atoms with Crippen molar-refractivity contribution in [3.63, 3.8) is 0 Å². The highest BCUT2D eigenvalue weighted by Crippen LogP contribution is 2.29. The van der Waals surface area contributed by atoms with E-state index in [0.29, 0.717) is 6.61 Å². The maximum absolute atomic E-state index is 13.3. The number of aromatic nitrogens is 1. The van der Waals surface area contributed by atoms with Gasteiger partial charge in [-0.1, -0.05) is 12.1 Å². The van der Waals surface area contributed by atoms with Crippen LogP contribution in [0.2, 0.25) is 0 Å². The Labute approximate surface area is 130 Å². The second-order valence-corrected chi connectivity index (χ2v) is 5.81. The Balaban J connectivity index is 1.73. The van der Waals surface area contributed by atoms with E-state index in [1.54, 1.807) is 12.3 Å². The first-order valence-electron chi connectivity index (χ1n) is 7.71. The Morgan fingerprint density at radius 1 is 1.36 bits per heavy atom. The van der Waals surface area contributed by atoms with Gasteiger partial charge in [-0.15, -0.1) is 0 Å². The molecule has 22 heavy (non-hydrogen) atoms. The van der Waals surface area contributed by atoms with E-state index in [-0.39, 0.29) is 17.8 Å². The van der Waals surface area contributed by atoms with E-state index >= 15 is 0 Å². The van der Waals surface area contributed by atoms with Gasteiger partial charge in [0.25, 0.3) is 0 Å². The summed E-state index contributed by atoms with van der Waals surface area (Å²) in [7, 11) is 0. The summed E-state index contributed by atoms with van der Waals surface area (Å²) in [6.45, 7) is 4.35. The average Bonchev–Trinajstić information content (AvgIpc) is 2.54. The minimum Gasteiger partial charge on any atom is -0.373 e. The normalized spacial score (nSPS) is 21.7. The van der Waals surface area contributed by atoms with Gasteiger partial charge in [0.15, 0.2) is 0 Å². The molecule has 0 spiro atoms. The molecule has 1 aromatic heterocycles. The number of pyridine rings is 1. The van der Waals surface area contributed by atoms with Gasteiger partial charge >= 0.3 is 0 Å². The van der Waals surface area contributed by atoms with Gasteiger partial charge < -0.3 is 10.1 Å². The van der Waals surface area contributed by atoms with Crippen LogP contribution in [0, 0.1) is 12.7 Å². The van der Waals surface area contributed by atoms with Crippen molar-refractivity contribution in [2.45, 2.75) is 32.0 Å². The lowest BCUT2D eigenvalue weighted by Crippen LogP contribution is -2.40. The van der Waals surface area contributed by atoms with Crippen LogP contribution in [0.25, 0.3) is 0 Å². The second-order valence-electron chi connectivity index (χ2n) is 5.81. The molecule has 0 bridgehead atoms. The van der Waals surface area contributed by atoms with Crippen molar-refractivity contribution < 1.29 is 9.13 Å². The van der Waals surface area contributed by atoms with Crippen LogP contribution in [0.3, 0.4) is 0 Å². The molecule has 2 atom stereocenters. The Bertz CT molecular complexity index is 618. The predicted octanol–water partition coefficient (Wildman–Crippen LogP) is 3.19. The zero-order valence-electron chi connectivity index (χ0n) is 12.8. The van der Waals surface area contributed by atoms with Crippen LogP contribution in [0.15, 0.2) is 42.7 Å². The molecule has 1 aliphatic heterocycles. The first-order chi connectivity index (χ1) is 10.7. The SMILES string of the molecule is Cc1cc(F)ccc1C1CNCCC1OCc1cccnc1. The standard InChI is InChI=1S/C18H21FN2O/c1-13-9-15(19)4-5-16(13)17-11-21-8-6-18(17)22-12-14-3-2-7-20-10-14/h2-5,7,9-10,17-18,21H,6,8,11-12H2,1H3. The third kappa shape index (κ3) is 3.51. The number of ether oxygens (including phenoxy) is 1. The molecule has 1 saturated heterocycles. The summed E-state index contributed by atoms with van der Waals surface area (Å²) in [4.78, 5) is 4.12. The number of halogens is 1. The highest BCUT2D eigenvalue weighted by molar-refractivity contribution is 5.31. The van der Waals surface area contributed by atoms with Crippen molar-refractivity contribution in [3.05, 3.63) is 65.2 Å². The lowest BCUT2D eigenvalue weighted by atomic mass is 9.86. The van der Waals surface area contributed by atoms with Gasteiger partial charge in [0.05, 0.1) is 12.7 Å². The molecule has 2 heterocycles. The molecule has 0 amide bonds. The van der Waals surface area contributed by atoms with Crippen LogP contribution in [-0.4, -0.2) is 24.2 Å². The predicted molar refractivity (Wildman–Crippen MR) is 84.2 cm³/mol. The van der Waals surface area contributed by atoms with E-state index in [0.717, 1.165) is 30.6 Å². The average molecular weight is 300 g/mol. The summed E-state index contributed by atoms with van der Waals surface area (Å²) in [5.74, 6) is 0.0730. The molecule has 2 aromatic rings. The van der Waals surface area contributed by atoms with Crippen LogP contribution < -0.4 is 5.32 Å². The molecule has 1 aromatic carbocycles. The smallest absolute Gasteiger partial charge is 0.123 e. The molecule has 116 valence electrons. The topological polar surface area (TPSA) is 34.1 Å². The van der Waals surface area contributed by atoms with Crippen LogP contribution >= 0.6 is 0 Å². The van der Waals surface area contributed by atoms with Gasteiger partial charge in [-0.05, 0) is 54.8 Å². The second kappa shape index (κ2) is 6.99. The molecule has 2 unspecified atom stereocenters. The zero-order valence-corrected chi connectivity index (χ0v) is 12.8. The maximum Gasteiger partial charge on any atom is 0.123 e. The van der Waals surface area contributed by atoms with Gasteiger partial charge in [-0.25, -0.2) is 4.39 Å². The Morgan fingerprint density at radius 2 is 2.27 bits per heavy atom. The number of nitrogens with zero attached hydrogens (tertiary/aromatic N) is 1. The fraction of sp³-hybridized carbons (Fsp3) is 0.389. The number of hydrogen-bond donors (Lipinski definition) is 1. The first kappa shape index (κ1) is 15.1. The monoisotopic (exact) mass is 300 g/mol. The minimum absolute atomic E-state index is 0.144. The molecule has 0 radical (unpaired) electrons. The highest BCUT2D eigenvalue weighted by atomic mass is 19.1. The van der Waals surface area contributed by atoms with Crippen LogP contribution in [0.4, 0.5) is 4.39 Å². The van der Waals surface area contributed by atoms with Crippen LogP contribution in [0.1, 0.15) is 29.0 Å². The highest BCUT2D eigenvalue weighted by Gasteiger charge is 2.28. The quantitative estimate of drug-likeness (QED) is 0.941. The van der Waals surface area contributed by atoms with Crippen molar-refractivity contribution in [3.8, 4) is 0 Å². The van der Waals surface area contributed by atoms with E-state index < -0.39 is 0 Å². The fourth-order valence-electron chi connectivity index (χ4n) is 3.09. The summed E-state index contributed by atoms with van der Waals surface area (Å²) >= 11 is 0. The Hall–Kier alpha value is -1.78. The summed E-state index contributed by atoms with van der Waals surface area (Å²) in [5.41, 5.74) is 3.24. The molecule has 3 nitrogen and oxygen atoms in total. The van der Waals surface area contributed by atoms with E-state index in [2.05, 4.69) is 10.3 Å². The summed E-state index contributed by atoms with van der Waals surface area (Å²) < 4.78 is 19.5. The molecule has 1 aliphatic rings. The fourth-order valence-corrected chi connectivity index (χ4v) is 3.09. The minimum atomic E-state index is -0.183. The summed E-state index contributed by atoms with van der Waals surface area (Å²) in [6, 6.07) is 8.97. The van der Waals surface area contributed by atoms with Crippen molar-refractivity contribution >= 4 is 0 Å². The van der Waals surface area contributed by atoms with Crippen LogP contribution in [0.5, 0.6) is 0 Å². The number of benzene rings is 1. The first-order valence-corrected chi connectivity index (χ1v) is 7.71. The summed E-state index contributed by atoms with van der Waals surface area (Å²) in [6.07, 6.45) is 4.70. The van der Waals surface area contributed by atoms with Crippen molar-refractivity contribution in [1.29, 1.82) is 0 Å². The third-order valence-corrected chi connectivity index (χ3v) is 4.24. The molecular formula is C18H21FN2O.